The zero-order valence-electron chi connectivity index (χ0n) is 16.4. The first-order valence-corrected chi connectivity index (χ1v) is 10.2. The summed E-state index contributed by atoms with van der Waals surface area (Å²) < 4.78 is 10.3. The molecule has 0 saturated heterocycles. The van der Waals surface area contributed by atoms with Gasteiger partial charge in [0, 0.05) is 0 Å². The van der Waals surface area contributed by atoms with E-state index in [2.05, 4.69) is 15.5 Å². The van der Waals surface area contributed by atoms with E-state index < -0.39 is 5.97 Å². The number of phenolic OH excluding ortho intramolecular Hbond substituents is 1. The average molecular weight is 435 g/mol. The normalized spacial score (nSPS) is 10.7. The van der Waals surface area contributed by atoms with E-state index in [9.17, 15) is 14.7 Å². The number of thioether (sulfide) groups is 1. The Kier molecular flexibility index (Phi) is 5.85. The maximum absolute atomic E-state index is 12.3. The Morgan fingerprint density at radius 1 is 1.06 bits per heavy atom. The second kappa shape index (κ2) is 8.88. The number of carbonyl (C=O) groups excluding carboxylic acids is 2. The number of anilines is 1. The van der Waals surface area contributed by atoms with Crippen molar-refractivity contribution in [2.45, 2.75) is 5.22 Å². The number of phenols is 1. The number of nitrogens with one attached hydrogen (secondary N) is 1. The molecule has 1 heterocycles. The first kappa shape index (κ1) is 20.4. The fourth-order valence-electron chi connectivity index (χ4n) is 2.97. The molecule has 8 nitrogen and oxygen atoms in total. The van der Waals surface area contributed by atoms with Crippen LogP contribution in [0.3, 0.4) is 0 Å². The molecule has 3 aromatic carbocycles. The minimum atomic E-state index is -0.541. The number of benzene rings is 3. The Bertz CT molecular complexity index is 1270. The molecule has 0 radical (unpaired) electrons. The zero-order valence-corrected chi connectivity index (χ0v) is 17.2. The number of para-hydroxylation sites is 1. The highest BCUT2D eigenvalue weighted by Gasteiger charge is 2.17. The van der Waals surface area contributed by atoms with E-state index in [1.54, 1.807) is 36.4 Å². The number of carbonyl (C=O) groups is 2. The van der Waals surface area contributed by atoms with Crippen molar-refractivity contribution in [2.24, 2.45) is 0 Å². The summed E-state index contributed by atoms with van der Waals surface area (Å²) in [4.78, 5) is 24.1. The van der Waals surface area contributed by atoms with Crippen LogP contribution in [0.2, 0.25) is 0 Å². The summed E-state index contributed by atoms with van der Waals surface area (Å²) in [5.74, 6) is -0.728. The fourth-order valence-corrected chi connectivity index (χ4v) is 3.53. The third kappa shape index (κ3) is 4.51. The van der Waals surface area contributed by atoms with Gasteiger partial charge in [0.15, 0.2) is 0 Å². The van der Waals surface area contributed by atoms with E-state index >= 15 is 0 Å². The van der Waals surface area contributed by atoms with Crippen LogP contribution < -0.4 is 5.32 Å². The van der Waals surface area contributed by atoms with Gasteiger partial charge >= 0.3 is 5.97 Å². The maximum atomic E-state index is 12.3. The van der Waals surface area contributed by atoms with Crippen molar-refractivity contribution in [1.82, 2.24) is 10.2 Å². The molecule has 1 aromatic heterocycles. The minimum absolute atomic E-state index is 0.0131. The summed E-state index contributed by atoms with van der Waals surface area (Å²) in [5.41, 5.74) is 1.02. The van der Waals surface area contributed by atoms with E-state index in [-0.39, 0.29) is 34.1 Å². The van der Waals surface area contributed by atoms with Crippen molar-refractivity contribution in [2.75, 3.05) is 18.2 Å². The number of aromatic hydroxyl groups is 1. The van der Waals surface area contributed by atoms with Crippen molar-refractivity contribution in [3.63, 3.8) is 0 Å². The first-order chi connectivity index (χ1) is 15.0. The van der Waals surface area contributed by atoms with Crippen LogP contribution in [-0.4, -0.2) is 40.0 Å². The van der Waals surface area contributed by atoms with Gasteiger partial charge in [-0.15, -0.1) is 10.2 Å². The van der Waals surface area contributed by atoms with Crippen LogP contribution in [-0.2, 0) is 9.53 Å². The number of hydrogen-bond donors (Lipinski definition) is 2. The molecule has 2 N–H and O–H groups in total. The van der Waals surface area contributed by atoms with Gasteiger partial charge in [-0.2, -0.15) is 0 Å². The molecule has 0 aliphatic rings. The number of aromatic nitrogens is 2. The predicted octanol–water partition coefficient (Wildman–Crippen LogP) is 4.11. The van der Waals surface area contributed by atoms with E-state index in [1.165, 1.54) is 7.11 Å². The number of amides is 1. The molecular formula is C22H17N3O5S. The van der Waals surface area contributed by atoms with Crippen molar-refractivity contribution in [1.29, 1.82) is 0 Å². The molecule has 0 aliphatic carbocycles. The van der Waals surface area contributed by atoms with Gasteiger partial charge in [0.1, 0.15) is 5.75 Å². The van der Waals surface area contributed by atoms with Crippen molar-refractivity contribution in [3.8, 4) is 17.2 Å². The Hall–Kier alpha value is -3.85. The van der Waals surface area contributed by atoms with Gasteiger partial charge in [0.05, 0.1) is 29.7 Å². The second-order valence-electron chi connectivity index (χ2n) is 6.46. The molecule has 0 atom stereocenters. The zero-order chi connectivity index (χ0) is 21.8. The van der Waals surface area contributed by atoms with Crippen LogP contribution in [0.1, 0.15) is 10.4 Å². The molecule has 4 aromatic rings. The van der Waals surface area contributed by atoms with E-state index in [0.717, 1.165) is 22.5 Å². The molecule has 31 heavy (non-hydrogen) atoms. The van der Waals surface area contributed by atoms with Gasteiger partial charge in [-0.25, -0.2) is 4.79 Å². The summed E-state index contributed by atoms with van der Waals surface area (Å²) in [5, 5.41) is 22.9. The third-order valence-corrected chi connectivity index (χ3v) is 5.25. The summed E-state index contributed by atoms with van der Waals surface area (Å²) in [6.45, 7) is 0. The Labute approximate surface area is 181 Å². The van der Waals surface area contributed by atoms with Crippen LogP contribution in [0.15, 0.2) is 70.3 Å². The number of hydrogen-bond acceptors (Lipinski definition) is 8. The lowest BCUT2D eigenvalue weighted by Crippen LogP contribution is -2.17. The number of esters is 1. The standard InChI is InChI=1S/C22H17N3O5S/c1-29-21(28)15-8-4-5-9-17(15)23-19(27)12-31-22-25-24-20(30-22)16-10-13-6-2-3-7-14(13)11-18(16)26/h2-11,26H,12H2,1H3,(H,23,27). The number of methoxy groups -OCH3 is 1. The lowest BCUT2D eigenvalue weighted by Gasteiger charge is -2.08. The first-order valence-electron chi connectivity index (χ1n) is 9.21. The molecule has 0 saturated carbocycles. The Morgan fingerprint density at radius 2 is 1.77 bits per heavy atom. The SMILES string of the molecule is COC(=O)c1ccccc1NC(=O)CSc1nnc(-c2cc3ccccc3cc2O)o1. The Balaban J connectivity index is 1.44. The number of fused-ring (bicyclic) bond motifs is 1. The monoisotopic (exact) mass is 435 g/mol. The predicted molar refractivity (Wildman–Crippen MR) is 116 cm³/mol. The van der Waals surface area contributed by atoms with Crippen molar-refractivity contribution >= 4 is 40.1 Å². The van der Waals surface area contributed by atoms with Crippen LogP contribution in [0.25, 0.3) is 22.2 Å². The van der Waals surface area contributed by atoms with Gasteiger partial charge < -0.3 is 19.6 Å². The highest BCUT2D eigenvalue weighted by atomic mass is 32.2. The van der Waals surface area contributed by atoms with Gasteiger partial charge in [-0.05, 0) is 35.0 Å². The van der Waals surface area contributed by atoms with Crippen LogP contribution in [0.5, 0.6) is 5.75 Å². The fraction of sp³-hybridized carbons (Fsp3) is 0.0909. The molecule has 0 fully saturated rings. The van der Waals surface area contributed by atoms with E-state index in [1.807, 2.05) is 24.3 Å². The smallest absolute Gasteiger partial charge is 0.339 e. The Morgan fingerprint density at radius 3 is 2.55 bits per heavy atom. The molecule has 0 bridgehead atoms. The summed E-state index contributed by atoms with van der Waals surface area (Å²) in [6.07, 6.45) is 0. The largest absolute Gasteiger partial charge is 0.507 e. The second-order valence-corrected chi connectivity index (χ2v) is 7.39. The van der Waals surface area contributed by atoms with Gasteiger partial charge in [0.25, 0.3) is 11.1 Å². The molecule has 4 rings (SSSR count). The highest BCUT2D eigenvalue weighted by molar-refractivity contribution is 7.99. The van der Waals surface area contributed by atoms with Crippen LogP contribution in [0, 0.1) is 0 Å². The summed E-state index contributed by atoms with van der Waals surface area (Å²) in [6, 6.07) is 17.6. The molecule has 9 heteroatoms. The van der Waals surface area contributed by atoms with Gasteiger partial charge in [-0.3, -0.25) is 4.79 Å². The van der Waals surface area contributed by atoms with Gasteiger partial charge in [-0.1, -0.05) is 48.2 Å². The lowest BCUT2D eigenvalue weighted by atomic mass is 10.1. The number of ether oxygens (including phenoxy) is 1. The number of rotatable bonds is 6. The number of nitrogens with zero attached hydrogens (tertiary/aromatic N) is 2. The molecule has 156 valence electrons. The van der Waals surface area contributed by atoms with Crippen LogP contribution in [0.4, 0.5) is 5.69 Å². The minimum Gasteiger partial charge on any atom is -0.507 e. The average Bonchev–Trinajstić information content (AvgIpc) is 3.26. The molecule has 0 aliphatic heterocycles. The molecule has 0 unspecified atom stereocenters. The lowest BCUT2D eigenvalue weighted by molar-refractivity contribution is -0.113. The molecule has 0 spiro atoms. The van der Waals surface area contributed by atoms with Crippen LogP contribution >= 0.6 is 11.8 Å². The molecule has 1 amide bonds. The summed E-state index contributed by atoms with van der Waals surface area (Å²) in [7, 11) is 1.28. The van der Waals surface area contributed by atoms with Crippen molar-refractivity contribution in [3.05, 3.63) is 66.2 Å². The molecular weight excluding hydrogens is 418 g/mol. The highest BCUT2D eigenvalue weighted by Crippen LogP contribution is 2.33. The quantitative estimate of drug-likeness (QED) is 0.343. The summed E-state index contributed by atoms with van der Waals surface area (Å²) >= 11 is 1.04. The third-order valence-electron chi connectivity index (χ3n) is 4.43. The van der Waals surface area contributed by atoms with E-state index in [4.69, 9.17) is 9.15 Å². The van der Waals surface area contributed by atoms with Gasteiger partial charge in [0.2, 0.25) is 5.91 Å². The van der Waals surface area contributed by atoms with Crippen molar-refractivity contribution < 1.29 is 23.8 Å². The van der Waals surface area contributed by atoms with E-state index in [0.29, 0.717) is 11.3 Å². The maximum Gasteiger partial charge on any atom is 0.339 e. The topological polar surface area (TPSA) is 115 Å².